The highest BCUT2D eigenvalue weighted by Gasteiger charge is 2.07. The van der Waals surface area contributed by atoms with E-state index in [1.54, 1.807) is 0 Å². The van der Waals surface area contributed by atoms with Crippen molar-refractivity contribution in [3.63, 3.8) is 0 Å². The SMILES string of the molecule is C/C=C/COc1nc(NCCC)nc2ccccc12. The predicted molar refractivity (Wildman–Crippen MR) is 78.6 cm³/mol. The van der Waals surface area contributed by atoms with Crippen LogP contribution in [0.15, 0.2) is 36.4 Å². The number of para-hydroxylation sites is 1. The highest BCUT2D eigenvalue weighted by atomic mass is 16.5. The van der Waals surface area contributed by atoms with Crippen LogP contribution in [0.3, 0.4) is 0 Å². The molecule has 1 aromatic carbocycles. The predicted octanol–water partition coefficient (Wildman–Crippen LogP) is 3.41. The van der Waals surface area contributed by atoms with Crippen molar-refractivity contribution in [1.29, 1.82) is 0 Å². The van der Waals surface area contributed by atoms with E-state index in [4.69, 9.17) is 4.74 Å². The van der Waals surface area contributed by atoms with Crippen LogP contribution >= 0.6 is 0 Å². The normalized spacial score (nSPS) is 11.1. The minimum Gasteiger partial charge on any atom is -0.473 e. The van der Waals surface area contributed by atoms with Crippen LogP contribution in [-0.4, -0.2) is 23.1 Å². The Kier molecular flexibility index (Phi) is 4.72. The molecule has 4 heteroatoms. The first-order valence-electron chi connectivity index (χ1n) is 6.59. The molecule has 0 amide bonds. The van der Waals surface area contributed by atoms with E-state index in [0.29, 0.717) is 18.4 Å². The van der Waals surface area contributed by atoms with E-state index < -0.39 is 0 Å². The van der Waals surface area contributed by atoms with Crippen LogP contribution in [0.5, 0.6) is 5.88 Å². The molecule has 2 rings (SSSR count). The average Bonchev–Trinajstić information content (AvgIpc) is 2.45. The molecule has 19 heavy (non-hydrogen) atoms. The second-order valence-electron chi connectivity index (χ2n) is 4.18. The van der Waals surface area contributed by atoms with Gasteiger partial charge in [0.2, 0.25) is 11.8 Å². The highest BCUT2D eigenvalue weighted by molar-refractivity contribution is 5.84. The Balaban J connectivity index is 2.33. The van der Waals surface area contributed by atoms with Crippen molar-refractivity contribution in [3.8, 4) is 5.88 Å². The fraction of sp³-hybridized carbons (Fsp3) is 0.333. The summed E-state index contributed by atoms with van der Waals surface area (Å²) in [6.07, 6.45) is 4.95. The van der Waals surface area contributed by atoms with E-state index in [-0.39, 0.29) is 0 Å². The van der Waals surface area contributed by atoms with Crippen molar-refractivity contribution >= 4 is 16.9 Å². The lowest BCUT2D eigenvalue weighted by molar-refractivity contribution is 0.353. The fourth-order valence-corrected chi connectivity index (χ4v) is 1.70. The number of hydrogen-bond donors (Lipinski definition) is 1. The summed E-state index contributed by atoms with van der Waals surface area (Å²) in [6, 6.07) is 7.88. The van der Waals surface area contributed by atoms with E-state index in [0.717, 1.165) is 23.9 Å². The lowest BCUT2D eigenvalue weighted by Crippen LogP contribution is -2.06. The summed E-state index contributed by atoms with van der Waals surface area (Å²) >= 11 is 0. The van der Waals surface area contributed by atoms with Gasteiger partial charge in [-0.25, -0.2) is 4.98 Å². The van der Waals surface area contributed by atoms with Gasteiger partial charge in [-0.1, -0.05) is 31.2 Å². The van der Waals surface area contributed by atoms with Crippen molar-refractivity contribution in [3.05, 3.63) is 36.4 Å². The Morgan fingerprint density at radius 1 is 1.26 bits per heavy atom. The van der Waals surface area contributed by atoms with Gasteiger partial charge in [0.15, 0.2) is 0 Å². The third kappa shape index (κ3) is 3.44. The molecule has 100 valence electrons. The first kappa shape index (κ1) is 13.3. The maximum Gasteiger partial charge on any atom is 0.226 e. The summed E-state index contributed by atoms with van der Waals surface area (Å²) in [7, 11) is 0. The number of nitrogens with zero attached hydrogens (tertiary/aromatic N) is 2. The maximum atomic E-state index is 5.70. The number of benzene rings is 1. The number of nitrogens with one attached hydrogen (secondary N) is 1. The number of ether oxygens (including phenoxy) is 1. The molecule has 1 heterocycles. The molecule has 0 fully saturated rings. The van der Waals surface area contributed by atoms with Crippen LogP contribution in [0.4, 0.5) is 5.95 Å². The maximum absolute atomic E-state index is 5.70. The third-order valence-electron chi connectivity index (χ3n) is 2.65. The molecule has 0 atom stereocenters. The zero-order valence-electron chi connectivity index (χ0n) is 11.4. The molecule has 0 aliphatic rings. The molecule has 0 saturated carbocycles. The zero-order valence-corrected chi connectivity index (χ0v) is 11.4. The van der Waals surface area contributed by atoms with Gasteiger partial charge in [-0.3, -0.25) is 0 Å². The van der Waals surface area contributed by atoms with Gasteiger partial charge in [0.25, 0.3) is 0 Å². The van der Waals surface area contributed by atoms with Crippen molar-refractivity contribution in [1.82, 2.24) is 9.97 Å². The van der Waals surface area contributed by atoms with Gasteiger partial charge in [0, 0.05) is 6.54 Å². The molecular formula is C15H19N3O. The van der Waals surface area contributed by atoms with Crippen LogP contribution in [0, 0.1) is 0 Å². The molecule has 4 nitrogen and oxygen atoms in total. The molecular weight excluding hydrogens is 238 g/mol. The van der Waals surface area contributed by atoms with Crippen LogP contribution in [-0.2, 0) is 0 Å². The lowest BCUT2D eigenvalue weighted by Gasteiger charge is -2.09. The van der Waals surface area contributed by atoms with E-state index in [2.05, 4.69) is 22.2 Å². The Labute approximate surface area is 113 Å². The van der Waals surface area contributed by atoms with Crippen LogP contribution in [0.1, 0.15) is 20.3 Å². The average molecular weight is 257 g/mol. The molecule has 0 spiro atoms. The van der Waals surface area contributed by atoms with Crippen molar-refractivity contribution in [2.24, 2.45) is 0 Å². The molecule has 0 unspecified atom stereocenters. The van der Waals surface area contributed by atoms with Crippen LogP contribution in [0.2, 0.25) is 0 Å². The molecule has 0 radical (unpaired) electrons. The van der Waals surface area contributed by atoms with Gasteiger partial charge in [-0.2, -0.15) is 4.98 Å². The second-order valence-corrected chi connectivity index (χ2v) is 4.18. The number of allylic oxidation sites excluding steroid dienone is 1. The second kappa shape index (κ2) is 6.73. The minimum atomic E-state index is 0.519. The van der Waals surface area contributed by atoms with E-state index in [1.165, 1.54) is 0 Å². The summed E-state index contributed by atoms with van der Waals surface area (Å²) in [5.41, 5.74) is 0.895. The van der Waals surface area contributed by atoms with E-state index in [1.807, 2.05) is 43.3 Å². The third-order valence-corrected chi connectivity index (χ3v) is 2.65. The monoisotopic (exact) mass is 257 g/mol. The van der Waals surface area contributed by atoms with Gasteiger partial charge in [-0.05, 0) is 25.5 Å². The number of fused-ring (bicyclic) bond motifs is 1. The van der Waals surface area contributed by atoms with Gasteiger partial charge >= 0.3 is 0 Å². The molecule has 1 aromatic heterocycles. The first-order valence-corrected chi connectivity index (χ1v) is 6.59. The Morgan fingerprint density at radius 3 is 2.89 bits per heavy atom. The van der Waals surface area contributed by atoms with Gasteiger partial charge in [0.1, 0.15) is 6.61 Å². The molecule has 2 aromatic rings. The van der Waals surface area contributed by atoms with Crippen LogP contribution < -0.4 is 10.1 Å². The number of aromatic nitrogens is 2. The van der Waals surface area contributed by atoms with Gasteiger partial charge in [0.05, 0.1) is 10.9 Å². The topological polar surface area (TPSA) is 47.0 Å². The molecule has 1 N–H and O–H groups in total. The standard InChI is InChI=1S/C15H19N3O/c1-3-5-11-19-14-12-8-6-7-9-13(12)17-15(18-14)16-10-4-2/h3,5-9H,4,10-11H2,1-2H3,(H,16,17,18)/b5-3+. The van der Waals surface area contributed by atoms with Crippen molar-refractivity contribution in [2.45, 2.75) is 20.3 Å². The zero-order chi connectivity index (χ0) is 13.5. The summed E-state index contributed by atoms with van der Waals surface area (Å²) in [6.45, 7) is 5.45. The quantitative estimate of drug-likeness (QED) is 0.806. The van der Waals surface area contributed by atoms with Gasteiger partial charge < -0.3 is 10.1 Å². The summed E-state index contributed by atoms with van der Waals surface area (Å²) in [5.74, 6) is 1.25. The highest BCUT2D eigenvalue weighted by Crippen LogP contribution is 2.23. The largest absolute Gasteiger partial charge is 0.473 e. The van der Waals surface area contributed by atoms with Crippen molar-refractivity contribution < 1.29 is 4.74 Å². The number of anilines is 1. The van der Waals surface area contributed by atoms with E-state index >= 15 is 0 Å². The summed E-state index contributed by atoms with van der Waals surface area (Å²) in [4.78, 5) is 8.91. The summed E-state index contributed by atoms with van der Waals surface area (Å²) < 4.78 is 5.70. The Bertz CT molecular complexity index is 566. The fourth-order valence-electron chi connectivity index (χ4n) is 1.70. The Morgan fingerprint density at radius 2 is 2.11 bits per heavy atom. The first-order chi connectivity index (χ1) is 9.35. The van der Waals surface area contributed by atoms with E-state index in [9.17, 15) is 0 Å². The van der Waals surface area contributed by atoms with Gasteiger partial charge in [-0.15, -0.1) is 0 Å². The van der Waals surface area contributed by atoms with Crippen LogP contribution in [0.25, 0.3) is 10.9 Å². The summed E-state index contributed by atoms with van der Waals surface area (Å²) in [5, 5.41) is 4.14. The number of rotatable bonds is 6. The number of hydrogen-bond acceptors (Lipinski definition) is 4. The lowest BCUT2D eigenvalue weighted by atomic mass is 10.2. The van der Waals surface area contributed by atoms with Crippen molar-refractivity contribution in [2.75, 3.05) is 18.5 Å². The molecule has 0 saturated heterocycles. The smallest absolute Gasteiger partial charge is 0.226 e. The minimum absolute atomic E-state index is 0.519. The molecule has 0 bridgehead atoms. The Hall–Kier alpha value is -2.10. The molecule has 0 aliphatic carbocycles. The molecule has 0 aliphatic heterocycles.